The van der Waals surface area contributed by atoms with Gasteiger partial charge in [0.25, 0.3) is 17.7 Å². The average Bonchev–Trinajstić information content (AvgIpc) is 3.48. The molecule has 10 nitrogen and oxygen atoms in total. The molecule has 0 radical (unpaired) electrons. The van der Waals surface area contributed by atoms with Crippen LogP contribution in [0.4, 0.5) is 26.6 Å². The zero-order valence-electron chi connectivity index (χ0n) is 19.6. The van der Waals surface area contributed by atoms with Crippen LogP contribution in [0.2, 0.25) is 0 Å². The van der Waals surface area contributed by atoms with Crippen molar-refractivity contribution < 1.29 is 24.0 Å². The van der Waals surface area contributed by atoms with Crippen LogP contribution in [0.3, 0.4) is 0 Å². The lowest BCUT2D eigenvalue weighted by Crippen LogP contribution is -2.33. The number of carbonyl (C=O) groups is 3. The van der Waals surface area contributed by atoms with Crippen LogP contribution in [0.15, 0.2) is 88.9 Å². The molecule has 13 heteroatoms. The van der Waals surface area contributed by atoms with Crippen LogP contribution in [0, 0.1) is 11.0 Å². The Labute approximate surface area is 229 Å². The van der Waals surface area contributed by atoms with Crippen molar-refractivity contribution in [3.05, 3.63) is 105 Å². The minimum Gasteiger partial charge on any atom is -0.733 e. The van der Waals surface area contributed by atoms with Gasteiger partial charge in [-0.2, -0.15) is 0 Å². The number of nitrogens with zero attached hydrogens (tertiary/aromatic N) is 3. The normalized spacial score (nSPS) is 13.2. The van der Waals surface area contributed by atoms with Gasteiger partial charge in [0, 0.05) is 22.2 Å². The Hall–Kier alpha value is -4.62. The van der Waals surface area contributed by atoms with Gasteiger partial charge >= 0.3 is 0 Å². The van der Waals surface area contributed by atoms with E-state index in [2.05, 4.69) is 15.6 Å². The highest BCUT2D eigenvalue weighted by molar-refractivity contribution is 7.14. The van der Waals surface area contributed by atoms with Crippen LogP contribution in [0.5, 0.6) is 0 Å². The molecule has 0 bridgehead atoms. The molecule has 0 aliphatic carbocycles. The van der Waals surface area contributed by atoms with E-state index in [9.17, 15) is 24.0 Å². The van der Waals surface area contributed by atoms with E-state index in [0.717, 1.165) is 6.07 Å². The molecule has 1 aliphatic heterocycles. The first-order valence-electron chi connectivity index (χ1n) is 11.2. The number of thiazole rings is 1. The Morgan fingerprint density at radius 2 is 1.72 bits per heavy atom. The van der Waals surface area contributed by atoms with Crippen molar-refractivity contribution in [1.29, 1.82) is 0 Å². The summed E-state index contributed by atoms with van der Waals surface area (Å²) in [7, 11) is 0. The highest BCUT2D eigenvalue weighted by atomic mass is 35.5. The smallest absolute Gasteiger partial charge is 0.283 e. The molecule has 0 atom stereocenters. The summed E-state index contributed by atoms with van der Waals surface area (Å²) in [5.41, 5.74) is 1.57. The molecule has 4 aromatic rings. The van der Waals surface area contributed by atoms with Crippen molar-refractivity contribution in [2.24, 2.45) is 0 Å². The molecule has 3 aromatic carbocycles. The molecule has 0 fully saturated rings. The van der Waals surface area contributed by atoms with Gasteiger partial charge in [-0.25, -0.2) is 14.3 Å². The Morgan fingerprint density at radius 1 is 1.03 bits per heavy atom. The number of nitrogens with one attached hydrogen (secondary N) is 2. The number of anilines is 4. The monoisotopic (exact) mass is 564 g/mol. The number of carbonyl (C=O) groups excluding carboxylic acids is 3. The van der Waals surface area contributed by atoms with Crippen LogP contribution in [-0.2, 0) is 9.59 Å². The number of imide groups is 1. The van der Waals surface area contributed by atoms with Crippen LogP contribution >= 0.6 is 22.9 Å². The largest absolute Gasteiger partial charge is 0.733 e. The van der Waals surface area contributed by atoms with Crippen LogP contribution < -0.4 is 20.8 Å². The summed E-state index contributed by atoms with van der Waals surface area (Å²) in [6.45, 7) is 0. The summed E-state index contributed by atoms with van der Waals surface area (Å²) < 4.78 is 14.2. The minimum atomic E-state index is -0.857. The molecule has 39 heavy (non-hydrogen) atoms. The number of hydrogen-bond donors (Lipinski definition) is 3. The summed E-state index contributed by atoms with van der Waals surface area (Å²) in [4.78, 5) is 43.1. The lowest BCUT2D eigenvalue weighted by molar-refractivity contribution is -0.120. The van der Waals surface area contributed by atoms with E-state index in [4.69, 9.17) is 16.8 Å². The van der Waals surface area contributed by atoms with Gasteiger partial charge in [-0.05, 0) is 48.5 Å². The van der Waals surface area contributed by atoms with Gasteiger partial charge < -0.3 is 15.8 Å². The summed E-state index contributed by atoms with van der Waals surface area (Å²) in [6, 6.07) is 17.5. The third-order valence-electron chi connectivity index (χ3n) is 5.65. The Morgan fingerprint density at radius 3 is 2.38 bits per heavy atom. The fraction of sp³-hybridized carbons (Fsp3) is 0. The number of benzene rings is 3. The lowest BCUT2D eigenvalue weighted by atomic mass is 10.1. The fourth-order valence-corrected chi connectivity index (χ4v) is 4.63. The molecule has 3 N–H and O–H groups in total. The van der Waals surface area contributed by atoms with Crippen molar-refractivity contribution >= 4 is 62.9 Å². The first-order valence-corrected chi connectivity index (χ1v) is 12.4. The first kappa shape index (κ1) is 26.0. The van der Waals surface area contributed by atoms with E-state index >= 15 is 0 Å². The Balaban J connectivity index is 1.25. The summed E-state index contributed by atoms with van der Waals surface area (Å²) in [6.07, 6.45) is 0. The minimum absolute atomic E-state index is 0.0744. The molecule has 1 aromatic heterocycles. The van der Waals surface area contributed by atoms with Crippen molar-refractivity contribution in [2.75, 3.05) is 20.8 Å². The Bertz CT molecular complexity index is 1620. The van der Waals surface area contributed by atoms with Crippen molar-refractivity contribution in [3.8, 4) is 11.3 Å². The van der Waals surface area contributed by atoms with E-state index in [1.165, 1.54) is 65.9 Å². The van der Waals surface area contributed by atoms with E-state index in [1.54, 1.807) is 17.5 Å². The van der Waals surface area contributed by atoms with Gasteiger partial charge in [0.1, 0.15) is 16.5 Å². The van der Waals surface area contributed by atoms with E-state index in [-0.39, 0.29) is 27.3 Å². The number of rotatable bonds is 7. The lowest BCUT2D eigenvalue weighted by Gasteiger charge is -2.21. The number of hydrogen-bond acceptors (Lipinski definition) is 9. The molecule has 5 rings (SSSR count). The zero-order chi connectivity index (χ0) is 27.7. The second-order valence-corrected chi connectivity index (χ2v) is 9.34. The van der Waals surface area contributed by atoms with Crippen molar-refractivity contribution in [3.63, 3.8) is 0 Å². The molecule has 0 unspecified atom stereocenters. The predicted octanol–water partition coefficient (Wildman–Crippen LogP) is 5.33. The number of amides is 3. The second-order valence-electron chi connectivity index (χ2n) is 8.10. The van der Waals surface area contributed by atoms with E-state index in [1.807, 2.05) is 0 Å². The fourth-order valence-electron chi connectivity index (χ4n) is 3.71. The predicted molar refractivity (Wildman–Crippen MR) is 145 cm³/mol. The Kier molecular flexibility index (Phi) is 7.09. The molecule has 196 valence electrons. The standard InChI is InChI=1S/C26H16ClFN5O5S/c27-21-22(25(36)32(24(21)35)20-4-2-1-3-18(20)28)29-16-9-5-15(6-10-16)23(34)31-26-30-19(13-39-26)14-7-11-17(12-8-14)33(37)38/h1-13,29,37H,(H,30,31,34)/q-1. The van der Waals surface area contributed by atoms with Crippen LogP contribution in [-0.4, -0.2) is 27.9 Å². The van der Waals surface area contributed by atoms with Gasteiger partial charge in [0.05, 0.1) is 17.1 Å². The summed E-state index contributed by atoms with van der Waals surface area (Å²) in [5, 5.41) is 26.8. The van der Waals surface area contributed by atoms with Gasteiger partial charge in [0.15, 0.2) is 5.13 Å². The summed E-state index contributed by atoms with van der Waals surface area (Å²) >= 11 is 7.30. The maximum Gasteiger partial charge on any atom is 0.283 e. The zero-order valence-corrected chi connectivity index (χ0v) is 21.2. The third-order valence-corrected chi connectivity index (χ3v) is 6.75. The maximum atomic E-state index is 14.2. The average molecular weight is 565 g/mol. The molecular formula is C26H16ClFN5O5S-. The third kappa shape index (κ3) is 5.22. The van der Waals surface area contributed by atoms with Gasteiger partial charge in [-0.15, -0.1) is 11.3 Å². The second kappa shape index (κ2) is 10.6. The molecule has 0 saturated carbocycles. The van der Waals surface area contributed by atoms with Gasteiger partial charge in [-0.1, -0.05) is 35.9 Å². The molecule has 0 saturated heterocycles. The molecular weight excluding hydrogens is 549 g/mol. The highest BCUT2D eigenvalue weighted by Crippen LogP contribution is 2.32. The van der Waals surface area contributed by atoms with E-state index in [0.29, 0.717) is 32.5 Å². The number of halogens is 2. The summed E-state index contributed by atoms with van der Waals surface area (Å²) in [5.74, 6) is -2.85. The number of para-hydroxylation sites is 1. The van der Waals surface area contributed by atoms with Crippen LogP contribution in [0.25, 0.3) is 11.3 Å². The van der Waals surface area contributed by atoms with Gasteiger partial charge in [0.2, 0.25) is 0 Å². The molecule has 2 heterocycles. The molecule has 3 amide bonds. The number of aromatic nitrogens is 1. The van der Waals surface area contributed by atoms with Crippen LogP contribution in [0.1, 0.15) is 10.4 Å². The highest BCUT2D eigenvalue weighted by Gasteiger charge is 2.40. The maximum absolute atomic E-state index is 14.2. The van der Waals surface area contributed by atoms with E-state index < -0.39 is 23.5 Å². The van der Waals surface area contributed by atoms with Gasteiger partial charge in [-0.3, -0.25) is 24.9 Å². The van der Waals surface area contributed by atoms with Crippen molar-refractivity contribution in [2.45, 2.75) is 0 Å². The first-order chi connectivity index (χ1) is 18.7. The molecule has 1 aliphatic rings. The quantitative estimate of drug-likeness (QED) is 0.202. The SMILES string of the molecule is O=C(Nc1nc(-c2ccc(N([O-])O)cc2)cs1)c1ccc(NC2=C(Cl)C(=O)N(c3ccccc3F)C2=O)cc1. The van der Waals surface area contributed by atoms with Crippen molar-refractivity contribution in [1.82, 2.24) is 4.98 Å². The topological polar surface area (TPSA) is 138 Å². The molecule has 0 spiro atoms.